The Kier molecular flexibility index (Phi) is 6.84. The summed E-state index contributed by atoms with van der Waals surface area (Å²) in [5.74, 6) is 0.867. The molecule has 0 spiro atoms. The van der Waals surface area contributed by atoms with Gasteiger partial charge in [0.15, 0.2) is 0 Å². The number of methoxy groups -OCH3 is 2. The number of hydrogen-bond donors (Lipinski definition) is 1. The molecule has 0 saturated heterocycles. The Morgan fingerprint density at radius 2 is 2.05 bits per heavy atom. The predicted molar refractivity (Wildman–Crippen MR) is 78.5 cm³/mol. The monoisotopic (exact) mass is 266 g/mol. The molecule has 1 rings (SSSR count). The van der Waals surface area contributed by atoms with E-state index in [0.717, 1.165) is 18.8 Å². The van der Waals surface area contributed by atoms with Crippen molar-refractivity contribution in [1.29, 1.82) is 0 Å². The fourth-order valence-electron chi connectivity index (χ4n) is 2.37. The van der Waals surface area contributed by atoms with Gasteiger partial charge in [-0.15, -0.1) is 0 Å². The first-order valence-corrected chi connectivity index (χ1v) is 6.76. The van der Waals surface area contributed by atoms with Gasteiger partial charge in [-0.25, -0.2) is 0 Å². The number of rotatable bonds is 8. The Morgan fingerprint density at radius 3 is 2.58 bits per heavy atom. The number of nitrogens with two attached hydrogens (primary N) is 1. The van der Waals surface area contributed by atoms with E-state index in [-0.39, 0.29) is 12.1 Å². The Balaban J connectivity index is 2.96. The second-order valence-corrected chi connectivity index (χ2v) is 4.70. The van der Waals surface area contributed by atoms with E-state index in [1.54, 1.807) is 14.2 Å². The predicted octanol–water partition coefficient (Wildman–Crippen LogP) is 2.05. The van der Waals surface area contributed by atoms with E-state index in [9.17, 15) is 0 Å². The van der Waals surface area contributed by atoms with Gasteiger partial charge in [0.05, 0.1) is 13.7 Å². The zero-order valence-corrected chi connectivity index (χ0v) is 12.4. The molecule has 0 aliphatic heterocycles. The van der Waals surface area contributed by atoms with E-state index >= 15 is 0 Å². The van der Waals surface area contributed by atoms with E-state index < -0.39 is 0 Å². The molecule has 0 heterocycles. The van der Waals surface area contributed by atoms with Crippen LogP contribution in [0.4, 0.5) is 0 Å². The highest BCUT2D eigenvalue weighted by molar-refractivity contribution is 5.31. The molecule has 4 heteroatoms. The largest absolute Gasteiger partial charge is 0.497 e. The number of nitrogens with zero attached hydrogens (tertiary/aromatic N) is 1. The van der Waals surface area contributed by atoms with Crippen LogP contribution in [0.25, 0.3) is 0 Å². The maximum Gasteiger partial charge on any atom is 0.119 e. The van der Waals surface area contributed by atoms with E-state index in [4.69, 9.17) is 15.2 Å². The molecule has 0 amide bonds. The van der Waals surface area contributed by atoms with Gasteiger partial charge in [-0.2, -0.15) is 0 Å². The maximum atomic E-state index is 6.19. The Bertz CT molecular complexity index is 369. The highest BCUT2D eigenvalue weighted by atomic mass is 16.5. The zero-order valence-electron chi connectivity index (χ0n) is 12.4. The minimum absolute atomic E-state index is 0.0453. The van der Waals surface area contributed by atoms with Crippen LogP contribution in [0.1, 0.15) is 25.5 Å². The van der Waals surface area contributed by atoms with Gasteiger partial charge >= 0.3 is 0 Å². The number of likely N-dealkylation sites (N-methyl/N-ethyl adjacent to an activating group) is 1. The fourth-order valence-corrected chi connectivity index (χ4v) is 2.37. The van der Waals surface area contributed by atoms with Gasteiger partial charge in [-0.1, -0.05) is 19.1 Å². The number of ether oxygens (including phenoxy) is 2. The first-order chi connectivity index (χ1) is 9.13. The quantitative estimate of drug-likeness (QED) is 0.782. The average Bonchev–Trinajstić information content (AvgIpc) is 2.42. The van der Waals surface area contributed by atoms with Gasteiger partial charge in [0.25, 0.3) is 0 Å². The minimum atomic E-state index is 0.0453. The van der Waals surface area contributed by atoms with Crippen molar-refractivity contribution in [2.75, 3.05) is 33.9 Å². The van der Waals surface area contributed by atoms with Crippen molar-refractivity contribution in [1.82, 2.24) is 4.90 Å². The van der Waals surface area contributed by atoms with Gasteiger partial charge in [-0.3, -0.25) is 4.90 Å². The summed E-state index contributed by atoms with van der Waals surface area (Å²) >= 11 is 0. The molecule has 108 valence electrons. The van der Waals surface area contributed by atoms with Crippen LogP contribution in [-0.2, 0) is 4.74 Å². The fraction of sp³-hybridized carbons (Fsp3) is 0.600. The lowest BCUT2D eigenvalue weighted by Crippen LogP contribution is -2.41. The summed E-state index contributed by atoms with van der Waals surface area (Å²) in [6.45, 7) is 6.70. The van der Waals surface area contributed by atoms with Gasteiger partial charge < -0.3 is 15.2 Å². The molecule has 1 aromatic carbocycles. The van der Waals surface area contributed by atoms with Crippen LogP contribution in [0.3, 0.4) is 0 Å². The topological polar surface area (TPSA) is 47.7 Å². The van der Waals surface area contributed by atoms with Crippen LogP contribution in [0, 0.1) is 0 Å². The van der Waals surface area contributed by atoms with Crippen LogP contribution in [0.5, 0.6) is 5.75 Å². The molecule has 0 fully saturated rings. The van der Waals surface area contributed by atoms with E-state index in [1.165, 1.54) is 5.56 Å². The summed E-state index contributed by atoms with van der Waals surface area (Å²) < 4.78 is 10.5. The van der Waals surface area contributed by atoms with Crippen molar-refractivity contribution in [3.05, 3.63) is 29.8 Å². The smallest absolute Gasteiger partial charge is 0.119 e. The Hall–Kier alpha value is -1.10. The van der Waals surface area contributed by atoms with Gasteiger partial charge in [0, 0.05) is 25.7 Å². The Morgan fingerprint density at radius 1 is 1.32 bits per heavy atom. The molecule has 2 atom stereocenters. The molecule has 1 aromatic rings. The molecule has 4 nitrogen and oxygen atoms in total. The van der Waals surface area contributed by atoms with Crippen LogP contribution in [-0.4, -0.2) is 44.9 Å². The third kappa shape index (κ3) is 4.49. The summed E-state index contributed by atoms with van der Waals surface area (Å²) in [6, 6.07) is 8.34. The first kappa shape index (κ1) is 16.0. The lowest BCUT2D eigenvalue weighted by Gasteiger charge is -2.33. The summed E-state index contributed by atoms with van der Waals surface area (Å²) in [5, 5.41) is 0. The molecule has 0 aliphatic carbocycles. The van der Waals surface area contributed by atoms with E-state index in [0.29, 0.717) is 6.61 Å². The van der Waals surface area contributed by atoms with Crippen LogP contribution >= 0.6 is 0 Å². The van der Waals surface area contributed by atoms with E-state index in [2.05, 4.69) is 24.0 Å². The van der Waals surface area contributed by atoms with Crippen LogP contribution in [0.15, 0.2) is 24.3 Å². The average molecular weight is 266 g/mol. The summed E-state index contributed by atoms with van der Waals surface area (Å²) in [5.41, 5.74) is 7.37. The summed E-state index contributed by atoms with van der Waals surface area (Å²) in [6.07, 6.45) is 0. The van der Waals surface area contributed by atoms with Crippen molar-refractivity contribution in [3.63, 3.8) is 0 Å². The van der Waals surface area contributed by atoms with Crippen molar-refractivity contribution < 1.29 is 9.47 Å². The van der Waals surface area contributed by atoms with Crippen LogP contribution < -0.4 is 10.5 Å². The molecule has 0 aliphatic rings. The second kappa shape index (κ2) is 8.15. The molecular weight excluding hydrogens is 240 g/mol. The van der Waals surface area contributed by atoms with Crippen molar-refractivity contribution in [3.8, 4) is 5.75 Å². The molecule has 2 N–H and O–H groups in total. The zero-order chi connectivity index (χ0) is 14.3. The SMILES string of the molecule is CCN(CCOC)C(c1cccc(OC)c1)C(C)N. The third-order valence-electron chi connectivity index (χ3n) is 3.32. The molecule has 0 radical (unpaired) electrons. The minimum Gasteiger partial charge on any atom is -0.497 e. The highest BCUT2D eigenvalue weighted by Crippen LogP contribution is 2.26. The molecule has 0 saturated carbocycles. The highest BCUT2D eigenvalue weighted by Gasteiger charge is 2.23. The standard InChI is InChI=1S/C15H26N2O2/c1-5-17(9-10-18-3)15(12(2)16)13-7-6-8-14(11-13)19-4/h6-8,11-12,15H,5,9-10,16H2,1-4H3. The van der Waals surface area contributed by atoms with Crippen molar-refractivity contribution >= 4 is 0 Å². The molecule has 19 heavy (non-hydrogen) atoms. The third-order valence-corrected chi connectivity index (χ3v) is 3.32. The number of benzene rings is 1. The van der Waals surface area contributed by atoms with Crippen LogP contribution in [0.2, 0.25) is 0 Å². The van der Waals surface area contributed by atoms with Gasteiger partial charge in [-0.05, 0) is 31.2 Å². The van der Waals surface area contributed by atoms with Gasteiger partial charge in [0.1, 0.15) is 5.75 Å². The number of hydrogen-bond acceptors (Lipinski definition) is 4. The molecule has 0 bridgehead atoms. The lowest BCUT2D eigenvalue weighted by atomic mass is 9.99. The van der Waals surface area contributed by atoms with Crippen molar-refractivity contribution in [2.24, 2.45) is 5.73 Å². The molecule has 0 aromatic heterocycles. The summed E-state index contributed by atoms with van der Waals surface area (Å²) in [4.78, 5) is 2.34. The lowest BCUT2D eigenvalue weighted by molar-refractivity contribution is 0.115. The first-order valence-electron chi connectivity index (χ1n) is 6.76. The second-order valence-electron chi connectivity index (χ2n) is 4.70. The van der Waals surface area contributed by atoms with E-state index in [1.807, 2.05) is 19.1 Å². The molecular formula is C15H26N2O2. The normalized spacial score (nSPS) is 14.4. The maximum absolute atomic E-state index is 6.19. The summed E-state index contributed by atoms with van der Waals surface area (Å²) in [7, 11) is 3.41. The van der Waals surface area contributed by atoms with Crippen molar-refractivity contribution in [2.45, 2.75) is 25.9 Å². The Labute approximate surface area is 116 Å². The van der Waals surface area contributed by atoms with Gasteiger partial charge in [0.2, 0.25) is 0 Å². The molecule has 2 unspecified atom stereocenters.